The van der Waals surface area contributed by atoms with E-state index in [1.807, 2.05) is 13.0 Å². The fourth-order valence-corrected chi connectivity index (χ4v) is 2.48. The molecular weight excluding hydrogens is 285 g/mol. The third-order valence-electron chi connectivity index (χ3n) is 3.60. The van der Waals surface area contributed by atoms with Crippen LogP contribution in [0.2, 0.25) is 0 Å². The first-order chi connectivity index (χ1) is 8.22. The molecule has 0 radical (unpaired) electrons. The lowest BCUT2D eigenvalue weighted by atomic mass is 9.95. The Labute approximate surface area is 126 Å². The van der Waals surface area contributed by atoms with E-state index in [1.165, 1.54) is 0 Å². The van der Waals surface area contributed by atoms with Gasteiger partial charge >= 0.3 is 0 Å². The minimum absolute atomic E-state index is 0. The van der Waals surface area contributed by atoms with Gasteiger partial charge in [-0.15, -0.1) is 24.8 Å². The molecule has 108 valence electrons. The van der Waals surface area contributed by atoms with Crippen molar-refractivity contribution in [2.45, 2.75) is 26.2 Å². The monoisotopic (exact) mass is 305 g/mol. The van der Waals surface area contributed by atoms with Crippen LogP contribution in [-0.4, -0.2) is 17.4 Å². The minimum Gasteiger partial charge on any atom is -0.330 e. The van der Waals surface area contributed by atoms with Crippen LogP contribution in [0.25, 0.3) is 0 Å². The highest BCUT2D eigenvalue weighted by atomic mass is 35.5. The molecule has 1 heterocycles. The Morgan fingerprint density at radius 2 is 2.21 bits per heavy atom. The Kier molecular flexibility index (Phi) is 7.99. The van der Waals surface area contributed by atoms with Gasteiger partial charge in [-0.1, -0.05) is 6.42 Å². The summed E-state index contributed by atoms with van der Waals surface area (Å²) in [6.45, 7) is 2.57. The van der Waals surface area contributed by atoms with Gasteiger partial charge in [0, 0.05) is 12.1 Å². The maximum absolute atomic E-state index is 12.1. The third kappa shape index (κ3) is 4.34. The predicted octanol–water partition coefficient (Wildman–Crippen LogP) is 2.55. The second-order valence-electron chi connectivity index (χ2n) is 4.71. The van der Waals surface area contributed by atoms with Crippen molar-refractivity contribution in [3.8, 4) is 0 Å². The van der Waals surface area contributed by atoms with Crippen molar-refractivity contribution in [1.29, 1.82) is 0 Å². The zero-order valence-corrected chi connectivity index (χ0v) is 12.6. The standard InChI is InChI=1S/C13H19N3O.2ClH/c1-9-5-6-15-8-12(9)16-13(17)11-4-2-3-10(11)7-14;;/h5-6,8,10-11H,2-4,7,14H2,1H3,(H,16,17);2*1H/t10-,11-;;/m1../s1. The number of carbonyl (C=O) groups is 1. The molecule has 1 aliphatic rings. The van der Waals surface area contributed by atoms with Crippen LogP contribution in [0.4, 0.5) is 5.69 Å². The summed E-state index contributed by atoms with van der Waals surface area (Å²) in [4.78, 5) is 16.2. The number of pyridine rings is 1. The normalized spacial score (nSPS) is 21.2. The van der Waals surface area contributed by atoms with Crippen molar-refractivity contribution in [2.24, 2.45) is 17.6 Å². The summed E-state index contributed by atoms with van der Waals surface area (Å²) in [6, 6.07) is 1.89. The van der Waals surface area contributed by atoms with E-state index < -0.39 is 0 Å². The molecule has 3 N–H and O–H groups in total. The van der Waals surface area contributed by atoms with Gasteiger partial charge in [-0.25, -0.2) is 0 Å². The van der Waals surface area contributed by atoms with Crippen LogP contribution in [0.1, 0.15) is 24.8 Å². The van der Waals surface area contributed by atoms with Crippen LogP contribution in [-0.2, 0) is 4.79 Å². The Morgan fingerprint density at radius 1 is 1.47 bits per heavy atom. The first-order valence-electron chi connectivity index (χ1n) is 6.14. The first-order valence-corrected chi connectivity index (χ1v) is 6.14. The molecule has 1 aromatic rings. The maximum atomic E-state index is 12.1. The SMILES string of the molecule is Cc1ccncc1NC(=O)[C@@H]1CCC[C@@H]1CN.Cl.Cl. The lowest BCUT2D eigenvalue weighted by molar-refractivity contribution is -0.120. The predicted molar refractivity (Wildman–Crippen MR) is 82.0 cm³/mol. The second-order valence-corrected chi connectivity index (χ2v) is 4.71. The fourth-order valence-electron chi connectivity index (χ4n) is 2.48. The molecule has 0 aromatic carbocycles. The van der Waals surface area contributed by atoms with E-state index in [9.17, 15) is 4.79 Å². The quantitative estimate of drug-likeness (QED) is 0.902. The van der Waals surface area contributed by atoms with Gasteiger partial charge in [0.1, 0.15) is 0 Å². The van der Waals surface area contributed by atoms with E-state index in [4.69, 9.17) is 5.73 Å². The average molecular weight is 306 g/mol. The number of hydrogen-bond acceptors (Lipinski definition) is 3. The molecule has 0 bridgehead atoms. The van der Waals surface area contributed by atoms with Crippen LogP contribution >= 0.6 is 24.8 Å². The molecule has 1 fully saturated rings. The highest BCUT2D eigenvalue weighted by molar-refractivity contribution is 5.93. The number of nitrogens with two attached hydrogens (primary N) is 1. The minimum atomic E-state index is 0. The van der Waals surface area contributed by atoms with E-state index in [-0.39, 0.29) is 36.6 Å². The highest BCUT2D eigenvalue weighted by Gasteiger charge is 2.31. The van der Waals surface area contributed by atoms with E-state index in [1.54, 1.807) is 12.4 Å². The van der Waals surface area contributed by atoms with Gasteiger partial charge in [0.15, 0.2) is 0 Å². The average Bonchev–Trinajstić information content (AvgIpc) is 2.80. The number of carbonyl (C=O) groups excluding carboxylic acids is 1. The van der Waals surface area contributed by atoms with Crippen molar-refractivity contribution in [3.63, 3.8) is 0 Å². The van der Waals surface area contributed by atoms with Gasteiger partial charge in [-0.2, -0.15) is 0 Å². The van der Waals surface area contributed by atoms with E-state index >= 15 is 0 Å². The van der Waals surface area contributed by atoms with Gasteiger partial charge in [-0.3, -0.25) is 9.78 Å². The number of anilines is 1. The molecule has 0 unspecified atom stereocenters. The van der Waals surface area contributed by atoms with Crippen molar-refractivity contribution in [3.05, 3.63) is 24.0 Å². The first kappa shape index (κ1) is 18.2. The molecule has 2 atom stereocenters. The maximum Gasteiger partial charge on any atom is 0.227 e. The summed E-state index contributed by atoms with van der Waals surface area (Å²) in [5.41, 5.74) is 7.54. The van der Waals surface area contributed by atoms with E-state index in [0.717, 1.165) is 30.5 Å². The number of nitrogens with zero attached hydrogens (tertiary/aromatic N) is 1. The van der Waals surface area contributed by atoms with Crippen LogP contribution in [0.15, 0.2) is 18.5 Å². The van der Waals surface area contributed by atoms with Gasteiger partial charge < -0.3 is 11.1 Å². The molecule has 2 rings (SSSR count). The van der Waals surface area contributed by atoms with E-state index in [2.05, 4.69) is 10.3 Å². The summed E-state index contributed by atoms with van der Waals surface area (Å²) >= 11 is 0. The second kappa shape index (κ2) is 8.35. The molecule has 19 heavy (non-hydrogen) atoms. The Morgan fingerprint density at radius 3 is 2.84 bits per heavy atom. The summed E-state index contributed by atoms with van der Waals surface area (Å²) in [6.07, 6.45) is 6.54. The summed E-state index contributed by atoms with van der Waals surface area (Å²) < 4.78 is 0. The largest absolute Gasteiger partial charge is 0.330 e. The lowest BCUT2D eigenvalue weighted by Crippen LogP contribution is -2.30. The molecule has 1 aromatic heterocycles. The summed E-state index contributed by atoms with van der Waals surface area (Å²) in [5, 5.41) is 2.96. The van der Waals surface area contributed by atoms with Gasteiger partial charge in [0.2, 0.25) is 5.91 Å². The topological polar surface area (TPSA) is 68.0 Å². The molecule has 1 saturated carbocycles. The van der Waals surface area contributed by atoms with Crippen LogP contribution in [0.5, 0.6) is 0 Å². The third-order valence-corrected chi connectivity index (χ3v) is 3.60. The van der Waals surface area contributed by atoms with E-state index in [0.29, 0.717) is 12.5 Å². The Bertz CT molecular complexity index is 415. The Hall–Kier alpha value is -0.840. The van der Waals surface area contributed by atoms with Crippen molar-refractivity contribution < 1.29 is 4.79 Å². The van der Waals surface area contributed by atoms with Crippen molar-refractivity contribution in [2.75, 3.05) is 11.9 Å². The van der Waals surface area contributed by atoms with Gasteiger partial charge in [0.25, 0.3) is 0 Å². The molecule has 4 nitrogen and oxygen atoms in total. The molecule has 1 amide bonds. The molecule has 1 aliphatic carbocycles. The number of aryl methyl sites for hydroxylation is 1. The smallest absolute Gasteiger partial charge is 0.227 e. The summed E-state index contributed by atoms with van der Waals surface area (Å²) in [5.74, 6) is 0.501. The van der Waals surface area contributed by atoms with Crippen molar-refractivity contribution >= 4 is 36.4 Å². The number of aromatic nitrogens is 1. The van der Waals surface area contributed by atoms with Gasteiger partial charge in [0.05, 0.1) is 11.9 Å². The number of amides is 1. The number of halogens is 2. The number of rotatable bonds is 3. The number of hydrogen-bond donors (Lipinski definition) is 2. The van der Waals surface area contributed by atoms with Crippen molar-refractivity contribution in [1.82, 2.24) is 4.98 Å². The number of nitrogens with one attached hydrogen (secondary N) is 1. The molecule has 6 heteroatoms. The summed E-state index contributed by atoms with van der Waals surface area (Å²) in [7, 11) is 0. The van der Waals surface area contributed by atoms with Crippen LogP contribution in [0, 0.1) is 18.8 Å². The molecule has 0 spiro atoms. The Balaban J connectivity index is 0.00000162. The van der Waals surface area contributed by atoms with Gasteiger partial charge in [-0.05, 0) is 43.9 Å². The molecule has 0 saturated heterocycles. The zero-order valence-electron chi connectivity index (χ0n) is 11.0. The van der Waals surface area contributed by atoms with Crippen LogP contribution in [0.3, 0.4) is 0 Å². The highest BCUT2D eigenvalue weighted by Crippen LogP contribution is 2.32. The molecular formula is C13H21Cl2N3O. The van der Waals surface area contributed by atoms with Crippen LogP contribution < -0.4 is 11.1 Å². The zero-order chi connectivity index (χ0) is 12.3. The fraction of sp³-hybridized carbons (Fsp3) is 0.538. The lowest BCUT2D eigenvalue weighted by Gasteiger charge is -2.17. The molecule has 0 aliphatic heterocycles.